The van der Waals surface area contributed by atoms with Gasteiger partial charge < -0.3 is 14.8 Å². The van der Waals surface area contributed by atoms with Gasteiger partial charge >= 0.3 is 0 Å². The first-order chi connectivity index (χ1) is 9.81. The number of rotatable bonds is 6. The Kier molecular flexibility index (Phi) is 6.16. The number of nitrogens with one attached hydrogen (secondary N) is 1. The molecule has 1 N–H and O–H groups in total. The smallest absolute Gasteiger partial charge is 0.175 e. The molecule has 1 aliphatic rings. The Morgan fingerprint density at radius 2 is 2.10 bits per heavy atom. The Morgan fingerprint density at radius 3 is 2.95 bits per heavy atom. The maximum Gasteiger partial charge on any atom is 0.175 e. The van der Waals surface area contributed by atoms with E-state index in [9.17, 15) is 0 Å². The van der Waals surface area contributed by atoms with Crippen LogP contribution in [0.15, 0.2) is 16.6 Å². The zero-order chi connectivity index (χ0) is 14.2. The molecular weight excluding hydrogens is 320 g/mol. The average molecular weight is 339 g/mol. The number of fused-ring (bicyclic) bond motifs is 1. The molecule has 0 saturated carbocycles. The predicted molar refractivity (Wildman–Crippen MR) is 80.9 cm³/mol. The fraction of sp³-hybridized carbons (Fsp3) is 0.533. The zero-order valence-electron chi connectivity index (χ0n) is 11.5. The number of nitrogens with zero attached hydrogens (tertiary/aromatic N) is 1. The summed E-state index contributed by atoms with van der Waals surface area (Å²) >= 11 is 3.54. The van der Waals surface area contributed by atoms with Crippen LogP contribution in [-0.4, -0.2) is 19.8 Å². The molecule has 0 spiro atoms. The molecule has 0 unspecified atom stereocenters. The largest absolute Gasteiger partial charge is 0.490 e. The van der Waals surface area contributed by atoms with Gasteiger partial charge in [0.15, 0.2) is 11.5 Å². The molecule has 4 nitrogen and oxygen atoms in total. The first-order valence-electron chi connectivity index (χ1n) is 6.97. The monoisotopic (exact) mass is 338 g/mol. The van der Waals surface area contributed by atoms with Crippen LogP contribution in [0.3, 0.4) is 0 Å². The molecule has 1 aromatic rings. The van der Waals surface area contributed by atoms with Crippen LogP contribution < -0.4 is 14.8 Å². The van der Waals surface area contributed by atoms with Crippen molar-refractivity contribution in [2.24, 2.45) is 0 Å². The molecule has 1 heterocycles. The molecular formula is C15H19BrN2O2. The molecule has 1 aliphatic heterocycles. The van der Waals surface area contributed by atoms with E-state index < -0.39 is 0 Å². The Labute approximate surface area is 128 Å². The van der Waals surface area contributed by atoms with E-state index in [1.165, 1.54) is 5.56 Å². The van der Waals surface area contributed by atoms with Crippen LogP contribution in [-0.2, 0) is 6.54 Å². The summed E-state index contributed by atoms with van der Waals surface area (Å²) in [6.45, 7) is 3.11. The van der Waals surface area contributed by atoms with E-state index in [4.69, 9.17) is 14.7 Å². The highest BCUT2D eigenvalue weighted by molar-refractivity contribution is 9.10. The fourth-order valence-electron chi connectivity index (χ4n) is 2.07. The van der Waals surface area contributed by atoms with Gasteiger partial charge in [-0.1, -0.05) is 0 Å². The van der Waals surface area contributed by atoms with Gasteiger partial charge in [0.05, 0.1) is 23.8 Å². The van der Waals surface area contributed by atoms with E-state index >= 15 is 0 Å². The van der Waals surface area contributed by atoms with Gasteiger partial charge in [0.2, 0.25) is 0 Å². The molecule has 2 rings (SSSR count). The highest BCUT2D eigenvalue weighted by Gasteiger charge is 2.14. The Bertz CT molecular complexity index is 485. The number of unbranched alkanes of at least 4 members (excludes halogenated alkanes) is 2. The van der Waals surface area contributed by atoms with Gasteiger partial charge in [-0.15, -0.1) is 0 Å². The van der Waals surface area contributed by atoms with Crippen molar-refractivity contribution in [3.63, 3.8) is 0 Å². The van der Waals surface area contributed by atoms with Crippen molar-refractivity contribution in [2.45, 2.75) is 32.2 Å². The minimum atomic E-state index is 0.636. The molecule has 0 aromatic heterocycles. The number of nitriles is 1. The van der Waals surface area contributed by atoms with E-state index in [-0.39, 0.29) is 0 Å². The number of ether oxygens (including phenoxy) is 2. The molecule has 0 amide bonds. The van der Waals surface area contributed by atoms with Crippen molar-refractivity contribution >= 4 is 15.9 Å². The molecule has 20 heavy (non-hydrogen) atoms. The minimum absolute atomic E-state index is 0.636. The highest BCUT2D eigenvalue weighted by Crippen LogP contribution is 2.38. The number of benzene rings is 1. The number of hydrogen-bond acceptors (Lipinski definition) is 4. The van der Waals surface area contributed by atoms with Crippen LogP contribution in [0.2, 0.25) is 0 Å². The third-order valence-electron chi connectivity index (χ3n) is 3.08. The Balaban J connectivity index is 1.88. The Morgan fingerprint density at radius 1 is 1.25 bits per heavy atom. The first-order valence-corrected chi connectivity index (χ1v) is 7.76. The molecule has 0 atom stereocenters. The summed E-state index contributed by atoms with van der Waals surface area (Å²) in [5.74, 6) is 1.62. The predicted octanol–water partition coefficient (Wildman–Crippen LogP) is 3.39. The van der Waals surface area contributed by atoms with Gasteiger partial charge in [0, 0.05) is 19.4 Å². The summed E-state index contributed by atoms with van der Waals surface area (Å²) in [7, 11) is 0. The quantitative estimate of drug-likeness (QED) is 0.807. The molecule has 0 aliphatic carbocycles. The molecule has 0 radical (unpaired) electrons. The van der Waals surface area contributed by atoms with Crippen molar-refractivity contribution in [1.29, 1.82) is 5.26 Å². The molecule has 1 aromatic carbocycles. The third-order valence-corrected chi connectivity index (χ3v) is 3.67. The zero-order valence-corrected chi connectivity index (χ0v) is 13.0. The summed E-state index contributed by atoms with van der Waals surface area (Å²) < 4.78 is 12.3. The van der Waals surface area contributed by atoms with Crippen LogP contribution in [0, 0.1) is 11.3 Å². The van der Waals surface area contributed by atoms with Crippen molar-refractivity contribution in [2.75, 3.05) is 19.8 Å². The van der Waals surface area contributed by atoms with Gasteiger partial charge in [-0.05, 0) is 53.0 Å². The van der Waals surface area contributed by atoms with Gasteiger partial charge in [-0.3, -0.25) is 0 Å². The molecule has 108 valence electrons. The lowest BCUT2D eigenvalue weighted by atomic mass is 10.2. The van der Waals surface area contributed by atoms with Crippen molar-refractivity contribution in [3.8, 4) is 17.6 Å². The topological polar surface area (TPSA) is 54.3 Å². The van der Waals surface area contributed by atoms with E-state index in [0.29, 0.717) is 19.6 Å². The highest BCUT2D eigenvalue weighted by atomic mass is 79.9. The van der Waals surface area contributed by atoms with Gasteiger partial charge in [0.1, 0.15) is 0 Å². The molecule has 0 fully saturated rings. The van der Waals surface area contributed by atoms with Gasteiger partial charge in [-0.2, -0.15) is 5.26 Å². The van der Waals surface area contributed by atoms with Gasteiger partial charge in [-0.25, -0.2) is 0 Å². The lowest BCUT2D eigenvalue weighted by Gasteiger charge is -2.12. The van der Waals surface area contributed by atoms with Crippen LogP contribution in [0.4, 0.5) is 0 Å². The normalized spacial score (nSPS) is 13.6. The lowest BCUT2D eigenvalue weighted by Crippen LogP contribution is -2.14. The summed E-state index contributed by atoms with van der Waals surface area (Å²) in [5, 5.41) is 11.8. The van der Waals surface area contributed by atoms with Crippen LogP contribution in [0.1, 0.15) is 31.2 Å². The summed E-state index contributed by atoms with van der Waals surface area (Å²) in [6.07, 6.45) is 3.53. The maximum atomic E-state index is 8.47. The summed E-state index contributed by atoms with van der Waals surface area (Å²) in [5.41, 5.74) is 1.17. The van der Waals surface area contributed by atoms with Crippen molar-refractivity contribution < 1.29 is 9.47 Å². The average Bonchev–Trinajstić information content (AvgIpc) is 2.68. The minimum Gasteiger partial charge on any atom is -0.490 e. The molecule has 0 bridgehead atoms. The second-order valence-corrected chi connectivity index (χ2v) is 5.60. The third kappa shape index (κ3) is 4.39. The van der Waals surface area contributed by atoms with Crippen LogP contribution in [0.25, 0.3) is 0 Å². The standard InChI is InChI=1S/C15H19BrN2O2/c16-13-9-12(11-18-6-3-1-2-5-17)10-14-15(13)20-8-4-7-19-14/h9-10,18H,1-4,6-8,11H2. The van der Waals surface area contributed by atoms with Crippen molar-refractivity contribution in [1.82, 2.24) is 5.32 Å². The van der Waals surface area contributed by atoms with Crippen LogP contribution >= 0.6 is 15.9 Å². The van der Waals surface area contributed by atoms with E-state index in [0.717, 1.165) is 48.3 Å². The maximum absolute atomic E-state index is 8.47. The van der Waals surface area contributed by atoms with Crippen molar-refractivity contribution in [3.05, 3.63) is 22.2 Å². The first kappa shape index (κ1) is 15.1. The van der Waals surface area contributed by atoms with Crippen LogP contribution in [0.5, 0.6) is 11.5 Å². The second-order valence-electron chi connectivity index (χ2n) is 4.75. The van der Waals surface area contributed by atoms with E-state index in [2.05, 4.69) is 33.4 Å². The second kappa shape index (κ2) is 8.13. The SMILES string of the molecule is N#CCCCCNCc1cc(Br)c2c(c1)OCCCO2. The van der Waals surface area contributed by atoms with E-state index in [1.54, 1.807) is 0 Å². The summed E-state index contributed by atoms with van der Waals surface area (Å²) in [6, 6.07) is 6.26. The fourth-order valence-corrected chi connectivity index (χ4v) is 2.68. The van der Waals surface area contributed by atoms with E-state index in [1.807, 2.05) is 6.07 Å². The lowest BCUT2D eigenvalue weighted by molar-refractivity contribution is 0.296. The molecule has 5 heteroatoms. The number of hydrogen-bond donors (Lipinski definition) is 1. The number of halogens is 1. The van der Waals surface area contributed by atoms with Gasteiger partial charge in [0.25, 0.3) is 0 Å². The molecule has 0 saturated heterocycles. The Hall–Kier alpha value is -1.25. The summed E-state index contributed by atoms with van der Waals surface area (Å²) in [4.78, 5) is 0.